The molecule has 0 saturated carbocycles. The minimum Gasteiger partial charge on any atom is -0.358 e. The minimum absolute atomic E-state index is 0.0921. The van der Waals surface area contributed by atoms with Gasteiger partial charge in [-0.15, -0.1) is 11.3 Å². The summed E-state index contributed by atoms with van der Waals surface area (Å²) in [7, 11) is 0. The lowest BCUT2D eigenvalue weighted by Crippen LogP contribution is -2.39. The smallest absolute Gasteiger partial charge is 0.358 e. The monoisotopic (exact) mass is 348 g/mol. The Kier molecular flexibility index (Phi) is 4.66. The van der Waals surface area contributed by atoms with Crippen molar-refractivity contribution in [3.63, 3.8) is 0 Å². The summed E-state index contributed by atoms with van der Waals surface area (Å²) in [5.74, 6) is 0.474. The summed E-state index contributed by atoms with van der Waals surface area (Å²) >= 11 is 1.76. The van der Waals surface area contributed by atoms with Crippen molar-refractivity contribution < 1.29 is 9.72 Å². The quantitative estimate of drug-likeness (QED) is 0.614. The van der Waals surface area contributed by atoms with Crippen LogP contribution in [0.1, 0.15) is 42.1 Å². The summed E-state index contributed by atoms with van der Waals surface area (Å²) < 4.78 is 1.68. The fourth-order valence-corrected chi connectivity index (χ4v) is 4.23. The predicted octanol–water partition coefficient (Wildman–Crippen LogP) is 3.09. The third-order valence-electron chi connectivity index (χ3n) is 4.52. The molecule has 3 rings (SSSR count). The molecule has 3 heterocycles. The van der Waals surface area contributed by atoms with Gasteiger partial charge in [-0.1, -0.05) is 6.92 Å². The third-order valence-corrected chi connectivity index (χ3v) is 5.52. The molecule has 7 nitrogen and oxygen atoms in total. The van der Waals surface area contributed by atoms with E-state index in [-0.39, 0.29) is 17.8 Å². The average Bonchev–Trinajstić information content (AvgIpc) is 3.18. The Morgan fingerprint density at radius 3 is 3.00 bits per heavy atom. The van der Waals surface area contributed by atoms with Crippen LogP contribution in [0, 0.1) is 17.0 Å². The van der Waals surface area contributed by atoms with Crippen molar-refractivity contribution in [1.29, 1.82) is 0 Å². The molecule has 24 heavy (non-hydrogen) atoms. The zero-order chi connectivity index (χ0) is 17.3. The van der Waals surface area contributed by atoms with Crippen LogP contribution in [0.3, 0.4) is 0 Å². The van der Waals surface area contributed by atoms with E-state index in [2.05, 4.69) is 23.4 Å². The first kappa shape index (κ1) is 16.6. The fourth-order valence-electron chi connectivity index (χ4n) is 3.30. The summed E-state index contributed by atoms with van der Waals surface area (Å²) in [6.45, 7) is 4.97. The van der Waals surface area contributed by atoms with Crippen LogP contribution >= 0.6 is 11.3 Å². The maximum Gasteiger partial charge on any atom is 0.381 e. The number of carbonyl (C=O) groups excluding carboxylic acids is 1. The molecule has 2 aromatic rings. The molecule has 0 saturated heterocycles. The molecule has 8 heteroatoms. The van der Waals surface area contributed by atoms with Crippen LogP contribution in [-0.2, 0) is 17.8 Å². The van der Waals surface area contributed by atoms with E-state index in [1.807, 2.05) is 4.90 Å². The zero-order valence-electron chi connectivity index (χ0n) is 13.8. The number of nitro groups is 1. The van der Waals surface area contributed by atoms with E-state index in [9.17, 15) is 14.9 Å². The van der Waals surface area contributed by atoms with E-state index in [0.29, 0.717) is 18.8 Å². The normalized spacial score (nSPS) is 16.9. The molecule has 0 radical (unpaired) electrons. The molecule has 2 aromatic heterocycles. The van der Waals surface area contributed by atoms with Gasteiger partial charge in [-0.05, 0) is 39.8 Å². The van der Waals surface area contributed by atoms with Gasteiger partial charge in [-0.3, -0.25) is 4.79 Å². The Balaban J connectivity index is 1.68. The number of amides is 1. The van der Waals surface area contributed by atoms with Crippen LogP contribution in [0.4, 0.5) is 5.82 Å². The Bertz CT molecular complexity index is 767. The van der Waals surface area contributed by atoms with E-state index < -0.39 is 4.92 Å². The molecule has 0 fully saturated rings. The Morgan fingerprint density at radius 1 is 1.54 bits per heavy atom. The highest BCUT2D eigenvalue weighted by molar-refractivity contribution is 7.10. The lowest BCUT2D eigenvalue weighted by atomic mass is 9.97. The zero-order valence-corrected chi connectivity index (χ0v) is 14.6. The van der Waals surface area contributed by atoms with E-state index >= 15 is 0 Å². The van der Waals surface area contributed by atoms with Crippen molar-refractivity contribution in [2.24, 2.45) is 0 Å². The van der Waals surface area contributed by atoms with Crippen LogP contribution in [-0.4, -0.2) is 31.8 Å². The number of rotatable bonds is 5. The molecule has 0 bridgehead atoms. The number of carbonyl (C=O) groups is 1. The van der Waals surface area contributed by atoms with Crippen molar-refractivity contribution >= 4 is 23.1 Å². The molecule has 0 aromatic carbocycles. The maximum absolute atomic E-state index is 12.7. The maximum atomic E-state index is 12.7. The first-order valence-corrected chi connectivity index (χ1v) is 8.93. The summed E-state index contributed by atoms with van der Waals surface area (Å²) in [5.41, 5.74) is 1.27. The molecule has 0 spiro atoms. The lowest BCUT2D eigenvalue weighted by molar-refractivity contribution is -0.389. The first-order valence-electron chi connectivity index (χ1n) is 8.05. The Hall–Kier alpha value is -2.22. The van der Waals surface area contributed by atoms with Gasteiger partial charge < -0.3 is 19.6 Å². The number of fused-ring (bicyclic) bond motifs is 1. The summed E-state index contributed by atoms with van der Waals surface area (Å²) in [5, 5.41) is 12.9. The van der Waals surface area contributed by atoms with Gasteiger partial charge >= 0.3 is 5.82 Å². The average molecular weight is 348 g/mol. The second kappa shape index (κ2) is 6.72. The number of nitrogens with zero attached hydrogens (tertiary/aromatic N) is 4. The van der Waals surface area contributed by atoms with Gasteiger partial charge in [0.25, 0.3) is 0 Å². The van der Waals surface area contributed by atoms with Crippen molar-refractivity contribution in [3.05, 3.63) is 44.0 Å². The van der Waals surface area contributed by atoms with E-state index in [1.54, 1.807) is 22.8 Å². The molecule has 1 aliphatic heterocycles. The van der Waals surface area contributed by atoms with Crippen LogP contribution in [0.5, 0.6) is 0 Å². The van der Waals surface area contributed by atoms with Crippen LogP contribution in [0.25, 0.3) is 0 Å². The van der Waals surface area contributed by atoms with Crippen molar-refractivity contribution in [1.82, 2.24) is 14.5 Å². The molecule has 0 N–H and O–H groups in total. The van der Waals surface area contributed by atoms with Gasteiger partial charge in [0.2, 0.25) is 11.7 Å². The number of imidazole rings is 1. The number of hydrogen-bond acceptors (Lipinski definition) is 5. The highest BCUT2D eigenvalue weighted by Crippen LogP contribution is 2.35. The van der Waals surface area contributed by atoms with E-state index in [4.69, 9.17) is 0 Å². The van der Waals surface area contributed by atoms with Crippen molar-refractivity contribution in [2.75, 3.05) is 6.54 Å². The van der Waals surface area contributed by atoms with Gasteiger partial charge in [0.1, 0.15) is 6.20 Å². The second-order valence-corrected chi connectivity index (χ2v) is 6.91. The number of hydrogen-bond donors (Lipinski definition) is 0. The SMILES string of the molecule is CC[C@H]1c2ccsc2CCN1C(=O)CCn1cc([N+](=O)[O-])nc1C. The van der Waals surface area contributed by atoms with Gasteiger partial charge in [0.05, 0.1) is 6.04 Å². The fraction of sp³-hybridized carbons (Fsp3) is 0.500. The van der Waals surface area contributed by atoms with Gasteiger partial charge in [-0.2, -0.15) is 0 Å². The number of thiophene rings is 1. The Morgan fingerprint density at radius 2 is 2.33 bits per heavy atom. The molecule has 1 aliphatic rings. The van der Waals surface area contributed by atoms with Crippen LogP contribution in [0.15, 0.2) is 17.6 Å². The predicted molar refractivity (Wildman–Crippen MR) is 91.0 cm³/mol. The summed E-state index contributed by atoms with van der Waals surface area (Å²) in [6.07, 6.45) is 3.52. The summed E-state index contributed by atoms with van der Waals surface area (Å²) in [6, 6.07) is 2.27. The second-order valence-electron chi connectivity index (χ2n) is 5.91. The largest absolute Gasteiger partial charge is 0.381 e. The van der Waals surface area contributed by atoms with Gasteiger partial charge in [0.15, 0.2) is 0 Å². The van der Waals surface area contributed by atoms with E-state index in [1.165, 1.54) is 16.6 Å². The highest BCUT2D eigenvalue weighted by atomic mass is 32.1. The van der Waals surface area contributed by atoms with E-state index in [0.717, 1.165) is 19.4 Å². The minimum atomic E-state index is -0.513. The van der Waals surface area contributed by atoms with Crippen molar-refractivity contribution in [2.45, 2.75) is 45.7 Å². The topological polar surface area (TPSA) is 81.3 Å². The van der Waals surface area contributed by atoms with Crippen LogP contribution < -0.4 is 0 Å². The molecule has 1 atom stereocenters. The first-order chi connectivity index (χ1) is 11.5. The molecule has 1 amide bonds. The summed E-state index contributed by atoms with van der Waals surface area (Å²) in [4.78, 5) is 30.2. The molecule has 128 valence electrons. The van der Waals surface area contributed by atoms with Crippen LogP contribution in [0.2, 0.25) is 0 Å². The molecule has 0 unspecified atom stereocenters. The number of aryl methyl sites for hydroxylation is 2. The van der Waals surface area contributed by atoms with Crippen molar-refractivity contribution in [3.8, 4) is 0 Å². The lowest BCUT2D eigenvalue weighted by Gasteiger charge is -2.35. The molecule has 0 aliphatic carbocycles. The molecular formula is C16H20N4O3S. The standard InChI is InChI=1S/C16H20N4O3S/c1-3-13-12-6-9-24-14(12)4-8-19(13)16(21)5-7-18-10-15(20(22)23)17-11(18)2/h6,9-10,13H,3-5,7-8H2,1-2H3/t13-/m0/s1. The van der Waals surface area contributed by atoms with Gasteiger partial charge in [0, 0.05) is 31.3 Å². The molecular weight excluding hydrogens is 328 g/mol. The Labute approximate surface area is 144 Å². The highest BCUT2D eigenvalue weighted by Gasteiger charge is 2.30. The number of aromatic nitrogens is 2. The third kappa shape index (κ3) is 3.06. The van der Waals surface area contributed by atoms with Gasteiger partial charge in [-0.25, -0.2) is 0 Å².